The molecule has 0 bridgehead atoms. The molecule has 0 aliphatic rings. The lowest BCUT2D eigenvalue weighted by molar-refractivity contribution is -0.127. The van der Waals surface area contributed by atoms with E-state index >= 15 is 0 Å². The molecule has 2 N–H and O–H groups in total. The van der Waals surface area contributed by atoms with E-state index in [1.165, 1.54) is 0 Å². The third kappa shape index (κ3) is 9.80. The molecule has 0 saturated carbocycles. The van der Waals surface area contributed by atoms with Gasteiger partial charge < -0.3 is 14.7 Å². The van der Waals surface area contributed by atoms with E-state index in [4.69, 9.17) is 9.79 Å². The average molecular weight is 297 g/mol. The molecule has 0 aliphatic carbocycles. The van der Waals surface area contributed by atoms with Gasteiger partial charge in [-0.1, -0.05) is 37.2 Å². The van der Waals surface area contributed by atoms with Gasteiger partial charge in [-0.2, -0.15) is 0 Å². The first-order valence-electron chi connectivity index (χ1n) is 5.49. The van der Waals surface area contributed by atoms with Crippen LogP contribution in [0.15, 0.2) is 12.7 Å². The molecule has 17 heavy (non-hydrogen) atoms. The van der Waals surface area contributed by atoms with E-state index in [2.05, 4.69) is 25.3 Å². The molecule has 100 valence electrons. The van der Waals surface area contributed by atoms with Gasteiger partial charge in [-0.3, -0.25) is 4.79 Å². The minimum Gasteiger partial charge on any atom is -0.338 e. The summed E-state index contributed by atoms with van der Waals surface area (Å²) in [7, 11) is 0. The van der Waals surface area contributed by atoms with Crippen molar-refractivity contribution >= 4 is 34.8 Å². The van der Waals surface area contributed by atoms with Crippen LogP contribution in [0.25, 0.3) is 0 Å². The van der Waals surface area contributed by atoms with Gasteiger partial charge in [0.15, 0.2) is 0 Å². The fraction of sp³-hybridized carbons (Fsp3) is 0.700. The molecule has 0 heterocycles. The number of unbranched alkanes of at least 4 members (excludes halogenated alkanes) is 2. The zero-order chi connectivity index (χ0) is 13.3. The van der Waals surface area contributed by atoms with Gasteiger partial charge in [0.25, 0.3) is 0 Å². The van der Waals surface area contributed by atoms with Crippen molar-refractivity contribution in [1.29, 1.82) is 0 Å². The van der Waals surface area contributed by atoms with Gasteiger partial charge in [0, 0.05) is 13.1 Å². The minimum absolute atomic E-state index is 0.0181. The molecule has 0 aromatic carbocycles. The molecule has 1 amide bonds. The van der Waals surface area contributed by atoms with Gasteiger partial charge >= 0.3 is 0 Å². The van der Waals surface area contributed by atoms with E-state index in [1.807, 2.05) is 0 Å². The van der Waals surface area contributed by atoms with Crippen molar-refractivity contribution in [3.05, 3.63) is 12.7 Å². The summed E-state index contributed by atoms with van der Waals surface area (Å²) in [6, 6.07) is 0. The second-order valence-corrected chi connectivity index (χ2v) is 9.65. The van der Waals surface area contributed by atoms with Crippen molar-refractivity contribution in [2.45, 2.75) is 26.2 Å². The summed E-state index contributed by atoms with van der Waals surface area (Å²) in [5.74, 6) is -0.104. The van der Waals surface area contributed by atoms with Crippen LogP contribution in [-0.2, 0) is 16.6 Å². The maximum absolute atomic E-state index is 11.8. The summed E-state index contributed by atoms with van der Waals surface area (Å²) in [6.45, 7) is 6.88. The van der Waals surface area contributed by atoms with E-state index in [0.29, 0.717) is 13.1 Å². The Hall–Kier alpha value is 0.130. The highest BCUT2D eigenvalue weighted by Gasteiger charge is 2.16. The summed E-state index contributed by atoms with van der Waals surface area (Å²) in [5, 5.41) is 0. The number of carbonyl (C=O) groups excluding carboxylic acids is 1. The molecule has 0 fully saturated rings. The molecule has 0 saturated heterocycles. The van der Waals surface area contributed by atoms with Crippen molar-refractivity contribution in [2.75, 3.05) is 18.8 Å². The molecule has 0 aromatic heterocycles. The van der Waals surface area contributed by atoms with Gasteiger partial charge in [0.2, 0.25) is 11.6 Å². The van der Waals surface area contributed by atoms with Gasteiger partial charge in [-0.25, -0.2) is 0 Å². The predicted octanol–water partition coefficient (Wildman–Crippen LogP) is 2.13. The van der Waals surface area contributed by atoms with Crippen LogP contribution in [0.1, 0.15) is 26.2 Å². The summed E-state index contributed by atoms with van der Waals surface area (Å²) in [5.41, 5.74) is -3.33. The number of hydrogen-bond acceptors (Lipinski definition) is 3. The Morgan fingerprint density at radius 1 is 1.53 bits per heavy atom. The monoisotopic (exact) mass is 297 g/mol. The summed E-state index contributed by atoms with van der Waals surface area (Å²) >= 11 is 5.20. The molecule has 0 aromatic rings. The molecule has 0 aliphatic heterocycles. The zero-order valence-electron chi connectivity index (χ0n) is 10.0. The molecule has 0 rings (SSSR count). The first-order chi connectivity index (χ1) is 7.90. The Labute approximate surface area is 112 Å². The number of nitrogens with zero attached hydrogens (tertiary/aromatic N) is 1. The molecule has 0 radical (unpaired) electrons. The average Bonchev–Trinajstić information content (AvgIpc) is 2.24. The van der Waals surface area contributed by atoms with E-state index in [9.17, 15) is 4.79 Å². The van der Waals surface area contributed by atoms with Crippen molar-refractivity contribution < 1.29 is 14.6 Å². The highest BCUT2D eigenvalue weighted by Crippen LogP contribution is 2.50. The van der Waals surface area contributed by atoms with Crippen LogP contribution in [-0.4, -0.2) is 39.4 Å². The topological polar surface area (TPSA) is 60.8 Å². The largest absolute Gasteiger partial charge is 0.338 e. The van der Waals surface area contributed by atoms with E-state index < -0.39 is 5.69 Å². The Morgan fingerprint density at radius 2 is 2.18 bits per heavy atom. The first kappa shape index (κ1) is 17.1. The highest BCUT2D eigenvalue weighted by molar-refractivity contribution is 8.67. The quantitative estimate of drug-likeness (QED) is 0.388. The zero-order valence-corrected chi connectivity index (χ0v) is 12.6. The molecule has 4 nitrogen and oxygen atoms in total. The summed E-state index contributed by atoms with van der Waals surface area (Å²) < 4.78 is 0. The maximum atomic E-state index is 11.8. The Bertz CT molecular complexity index is 293. The number of carbonyl (C=O) groups is 1. The number of hydrogen-bond donors (Lipinski definition) is 2. The SMILES string of the molecule is C=CCN(CCCCC)C(=O)CSP(O)(O)=S. The van der Waals surface area contributed by atoms with Gasteiger partial charge in [0.1, 0.15) is 0 Å². The maximum Gasteiger partial charge on any atom is 0.242 e. The number of rotatable bonds is 9. The van der Waals surface area contributed by atoms with Crippen molar-refractivity contribution in [3.63, 3.8) is 0 Å². The lowest BCUT2D eigenvalue weighted by Crippen LogP contribution is -2.33. The van der Waals surface area contributed by atoms with E-state index in [0.717, 1.165) is 30.6 Å². The fourth-order valence-corrected chi connectivity index (χ4v) is 3.03. The molecular formula is C10H20NO3PS2. The van der Waals surface area contributed by atoms with Crippen LogP contribution < -0.4 is 0 Å². The van der Waals surface area contributed by atoms with Gasteiger partial charge in [-0.15, -0.1) is 6.58 Å². The number of amides is 1. The van der Waals surface area contributed by atoms with Crippen LogP contribution in [0.5, 0.6) is 0 Å². The minimum atomic E-state index is -3.33. The van der Waals surface area contributed by atoms with Crippen LogP contribution in [0.2, 0.25) is 0 Å². The Balaban J connectivity index is 4.14. The predicted molar refractivity (Wildman–Crippen MR) is 77.5 cm³/mol. The Morgan fingerprint density at radius 3 is 2.65 bits per heavy atom. The first-order valence-corrected chi connectivity index (χ1v) is 9.79. The normalized spacial score (nSPS) is 11.2. The second-order valence-electron chi connectivity index (χ2n) is 3.60. The van der Waals surface area contributed by atoms with Gasteiger partial charge in [0.05, 0.1) is 5.75 Å². The standard InChI is InChI=1S/C10H20NO3PS2/c1-3-5-6-8-11(7-4-2)10(12)9-17-15(13,14)16/h4H,2-3,5-9H2,1H3,(H2,13,14,16). The molecule has 0 unspecified atom stereocenters. The van der Waals surface area contributed by atoms with Crippen molar-refractivity contribution in [1.82, 2.24) is 4.90 Å². The van der Waals surface area contributed by atoms with E-state index in [-0.39, 0.29) is 11.7 Å². The van der Waals surface area contributed by atoms with Crippen LogP contribution in [0.4, 0.5) is 0 Å². The highest BCUT2D eigenvalue weighted by atomic mass is 32.9. The van der Waals surface area contributed by atoms with Crippen molar-refractivity contribution in [2.24, 2.45) is 0 Å². The Kier molecular flexibility index (Phi) is 9.18. The molecule has 0 atom stereocenters. The van der Waals surface area contributed by atoms with E-state index in [1.54, 1.807) is 11.0 Å². The molecule has 0 spiro atoms. The van der Waals surface area contributed by atoms with Crippen molar-refractivity contribution in [3.8, 4) is 0 Å². The third-order valence-corrected chi connectivity index (χ3v) is 5.15. The lowest BCUT2D eigenvalue weighted by Gasteiger charge is -2.21. The smallest absolute Gasteiger partial charge is 0.242 e. The molecular weight excluding hydrogens is 277 g/mol. The van der Waals surface area contributed by atoms with Crippen LogP contribution >= 0.6 is 17.1 Å². The third-order valence-electron chi connectivity index (χ3n) is 2.09. The van der Waals surface area contributed by atoms with Gasteiger partial charge in [-0.05, 0) is 18.2 Å². The van der Waals surface area contributed by atoms with Crippen LogP contribution in [0.3, 0.4) is 0 Å². The summed E-state index contributed by atoms with van der Waals surface area (Å²) in [4.78, 5) is 31.5. The molecule has 7 heteroatoms. The lowest BCUT2D eigenvalue weighted by atomic mass is 10.2. The summed E-state index contributed by atoms with van der Waals surface area (Å²) in [6.07, 6.45) is 4.79. The van der Waals surface area contributed by atoms with Crippen LogP contribution in [0, 0.1) is 0 Å². The second kappa shape index (κ2) is 9.11. The fourth-order valence-electron chi connectivity index (χ4n) is 1.26.